The Balaban J connectivity index is 1.20. The molecule has 1 aromatic rings. The summed E-state index contributed by atoms with van der Waals surface area (Å²) in [5, 5.41) is 8.29. The lowest BCUT2D eigenvalue weighted by molar-refractivity contribution is -0.133. The molecule has 0 bridgehead atoms. The summed E-state index contributed by atoms with van der Waals surface area (Å²) in [4.78, 5) is 37.8. The van der Waals surface area contributed by atoms with Gasteiger partial charge in [0.25, 0.3) is 0 Å². The molecule has 204 valence electrons. The predicted octanol–water partition coefficient (Wildman–Crippen LogP) is 4.31. The number of hydrogen-bond donors (Lipinski definition) is 3. The Kier molecular flexibility index (Phi) is 8.72. The largest absolute Gasteiger partial charge is 0.444 e. The van der Waals surface area contributed by atoms with Gasteiger partial charge in [0, 0.05) is 24.7 Å². The number of ether oxygens (including phenoxy) is 1. The number of benzene rings is 1. The van der Waals surface area contributed by atoms with Gasteiger partial charge < -0.3 is 20.3 Å². The lowest BCUT2D eigenvalue weighted by atomic mass is 9.83. The van der Waals surface area contributed by atoms with Crippen LogP contribution < -0.4 is 16.0 Å². The second-order valence-corrected chi connectivity index (χ2v) is 11.8. The molecule has 3 fully saturated rings. The number of hydrogen-bond acceptors (Lipinski definition) is 6. The summed E-state index contributed by atoms with van der Waals surface area (Å²) < 4.78 is 20.3. The van der Waals surface area contributed by atoms with Gasteiger partial charge in [-0.15, -0.1) is 0 Å². The molecule has 1 aromatic carbocycles. The number of carbonyl (C=O) groups excluding carboxylic acids is 3. The van der Waals surface area contributed by atoms with E-state index in [1.165, 1.54) is 6.07 Å². The van der Waals surface area contributed by atoms with E-state index >= 15 is 4.39 Å². The van der Waals surface area contributed by atoms with Gasteiger partial charge in [0.05, 0.1) is 0 Å². The Bertz CT molecular complexity index is 979. The minimum atomic E-state index is -0.519. The van der Waals surface area contributed by atoms with E-state index in [0.29, 0.717) is 30.6 Å². The molecule has 37 heavy (non-hydrogen) atoms. The number of rotatable bonds is 6. The van der Waals surface area contributed by atoms with Crippen LogP contribution in [0, 0.1) is 11.7 Å². The topological polar surface area (TPSA) is 99.8 Å². The first kappa shape index (κ1) is 27.4. The second-order valence-electron chi connectivity index (χ2n) is 11.8. The van der Waals surface area contributed by atoms with Gasteiger partial charge in [-0.25, -0.2) is 9.18 Å². The van der Waals surface area contributed by atoms with Crippen LogP contribution in [0.4, 0.5) is 14.9 Å². The number of nitrogens with zero attached hydrogens (tertiary/aromatic N) is 1. The van der Waals surface area contributed by atoms with E-state index in [9.17, 15) is 14.4 Å². The smallest absolute Gasteiger partial charge is 0.407 e. The van der Waals surface area contributed by atoms with Crippen molar-refractivity contribution < 1.29 is 23.5 Å². The molecule has 9 heteroatoms. The molecule has 0 aromatic heterocycles. The Morgan fingerprint density at radius 3 is 2.41 bits per heavy atom. The maximum atomic E-state index is 15.0. The monoisotopic (exact) mass is 516 g/mol. The molecule has 1 atom stereocenters. The predicted molar refractivity (Wildman–Crippen MR) is 140 cm³/mol. The number of piperidine rings is 2. The number of anilines is 1. The average Bonchev–Trinajstić information content (AvgIpc) is 2.84. The molecule has 4 rings (SSSR count). The molecule has 2 aliphatic heterocycles. The Morgan fingerprint density at radius 1 is 1.08 bits per heavy atom. The fourth-order valence-electron chi connectivity index (χ4n) is 5.81. The van der Waals surface area contributed by atoms with Crippen LogP contribution in [0.2, 0.25) is 0 Å². The van der Waals surface area contributed by atoms with Gasteiger partial charge in [0.2, 0.25) is 11.8 Å². The van der Waals surface area contributed by atoms with E-state index in [-0.39, 0.29) is 36.1 Å². The van der Waals surface area contributed by atoms with E-state index in [1.807, 2.05) is 32.9 Å². The van der Waals surface area contributed by atoms with E-state index < -0.39 is 11.6 Å². The van der Waals surface area contributed by atoms with E-state index in [2.05, 4.69) is 20.9 Å². The zero-order valence-corrected chi connectivity index (χ0v) is 22.3. The van der Waals surface area contributed by atoms with Crippen LogP contribution in [0.1, 0.15) is 83.6 Å². The fraction of sp³-hybridized carbons (Fsp3) is 0.679. The molecule has 8 nitrogen and oxygen atoms in total. The molecule has 2 saturated heterocycles. The fourth-order valence-corrected chi connectivity index (χ4v) is 5.81. The number of alkyl carbamates (subject to hydrolysis) is 1. The summed E-state index contributed by atoms with van der Waals surface area (Å²) >= 11 is 0. The first-order valence-electron chi connectivity index (χ1n) is 13.7. The molecule has 1 unspecified atom stereocenters. The van der Waals surface area contributed by atoms with Crippen molar-refractivity contribution in [1.82, 2.24) is 15.5 Å². The lowest BCUT2D eigenvalue weighted by Crippen LogP contribution is -2.47. The zero-order chi connectivity index (χ0) is 26.6. The zero-order valence-electron chi connectivity index (χ0n) is 22.3. The van der Waals surface area contributed by atoms with E-state index in [4.69, 9.17) is 4.74 Å². The van der Waals surface area contributed by atoms with Crippen LogP contribution in [0.5, 0.6) is 0 Å². The molecule has 0 spiro atoms. The van der Waals surface area contributed by atoms with Gasteiger partial charge in [-0.05, 0) is 108 Å². The van der Waals surface area contributed by atoms with Crippen LogP contribution in [0.3, 0.4) is 0 Å². The summed E-state index contributed by atoms with van der Waals surface area (Å²) in [5.74, 6) is -0.188. The molecule has 3 aliphatic rings. The van der Waals surface area contributed by atoms with Crippen molar-refractivity contribution in [2.75, 3.05) is 25.0 Å². The molecule has 3 N–H and O–H groups in total. The van der Waals surface area contributed by atoms with Crippen LogP contribution in [0.15, 0.2) is 18.2 Å². The maximum Gasteiger partial charge on any atom is 0.407 e. The van der Waals surface area contributed by atoms with Crippen molar-refractivity contribution >= 4 is 23.6 Å². The third kappa shape index (κ3) is 7.66. The summed E-state index contributed by atoms with van der Waals surface area (Å²) in [6.07, 6.45) is 6.65. The van der Waals surface area contributed by atoms with Gasteiger partial charge in [-0.1, -0.05) is 6.07 Å². The van der Waals surface area contributed by atoms with Gasteiger partial charge in [0.15, 0.2) is 0 Å². The maximum absolute atomic E-state index is 15.0. The summed E-state index contributed by atoms with van der Waals surface area (Å²) in [5.41, 5.74) is 0.822. The number of nitrogens with one attached hydrogen (secondary N) is 3. The SMILES string of the molecule is CC(C)(C)OC(=O)NCC1CCC(N2CCC(c3ccc(NC4CCC(=O)NC4=O)cc3F)CC2)CC1. The third-order valence-corrected chi connectivity index (χ3v) is 7.82. The normalized spacial score (nSPS) is 25.9. The number of imide groups is 1. The first-order chi connectivity index (χ1) is 17.6. The molecular weight excluding hydrogens is 475 g/mol. The standard InChI is InChI=1S/C28H41FN4O4/c1-28(2,3)37-27(36)30-17-18-4-7-21(8-5-18)33-14-12-19(13-15-33)22-9-6-20(16-23(22)29)31-24-10-11-25(34)32-26(24)35/h6,9,16,18-19,21,24,31H,4-5,7-8,10-15,17H2,1-3H3,(H,30,36)(H,32,34,35). The minimum Gasteiger partial charge on any atom is -0.444 e. The number of likely N-dealkylation sites (tertiary alicyclic amines) is 1. The highest BCUT2D eigenvalue weighted by Gasteiger charge is 2.31. The molecule has 0 radical (unpaired) electrons. The van der Waals surface area contributed by atoms with Gasteiger partial charge in [0.1, 0.15) is 17.5 Å². The number of carbonyl (C=O) groups is 3. The Hall–Kier alpha value is -2.68. The highest BCUT2D eigenvalue weighted by molar-refractivity contribution is 6.01. The van der Waals surface area contributed by atoms with Gasteiger partial charge >= 0.3 is 6.09 Å². The van der Waals surface area contributed by atoms with Crippen LogP contribution in [-0.2, 0) is 14.3 Å². The van der Waals surface area contributed by atoms with Crippen LogP contribution >= 0.6 is 0 Å². The molecule has 2 heterocycles. The number of amides is 3. The highest BCUT2D eigenvalue weighted by Crippen LogP contribution is 2.35. The molecule has 3 amide bonds. The van der Waals surface area contributed by atoms with Gasteiger partial charge in [-0.3, -0.25) is 14.9 Å². The quantitative estimate of drug-likeness (QED) is 0.488. The third-order valence-electron chi connectivity index (χ3n) is 7.82. The first-order valence-corrected chi connectivity index (χ1v) is 13.7. The molecule has 1 aliphatic carbocycles. The van der Waals surface area contributed by atoms with Crippen molar-refractivity contribution in [2.45, 2.75) is 95.7 Å². The minimum absolute atomic E-state index is 0.190. The van der Waals surface area contributed by atoms with Crippen LogP contribution in [0.25, 0.3) is 0 Å². The van der Waals surface area contributed by atoms with E-state index in [1.54, 1.807) is 0 Å². The summed E-state index contributed by atoms with van der Waals surface area (Å²) in [6, 6.07) is 5.18. The van der Waals surface area contributed by atoms with Crippen molar-refractivity contribution in [3.05, 3.63) is 29.6 Å². The summed E-state index contributed by atoms with van der Waals surface area (Å²) in [7, 11) is 0. The summed E-state index contributed by atoms with van der Waals surface area (Å²) in [6.45, 7) is 8.19. The van der Waals surface area contributed by atoms with Crippen molar-refractivity contribution in [1.29, 1.82) is 0 Å². The highest BCUT2D eigenvalue weighted by atomic mass is 19.1. The lowest BCUT2D eigenvalue weighted by Gasteiger charge is -2.41. The second kappa shape index (κ2) is 11.8. The van der Waals surface area contributed by atoms with Crippen LogP contribution in [-0.4, -0.2) is 60.1 Å². The van der Waals surface area contributed by atoms with Gasteiger partial charge in [-0.2, -0.15) is 0 Å². The average molecular weight is 517 g/mol. The Morgan fingerprint density at radius 2 is 1.78 bits per heavy atom. The van der Waals surface area contributed by atoms with Crippen molar-refractivity contribution in [3.8, 4) is 0 Å². The van der Waals surface area contributed by atoms with E-state index in [0.717, 1.165) is 57.2 Å². The Labute approximate surface area is 219 Å². The molecular formula is C28H41FN4O4. The van der Waals surface area contributed by atoms with Crippen molar-refractivity contribution in [3.63, 3.8) is 0 Å². The van der Waals surface area contributed by atoms with Crippen molar-refractivity contribution in [2.24, 2.45) is 5.92 Å². The molecule has 1 saturated carbocycles. The number of halogens is 1.